The van der Waals surface area contributed by atoms with Crippen LogP contribution in [0.4, 0.5) is 0 Å². The molecule has 5 N–H and O–H groups in total. The van der Waals surface area contributed by atoms with Gasteiger partial charge in [0.1, 0.15) is 11.5 Å². The average Bonchev–Trinajstić information content (AvgIpc) is 3.10. The Hall–Kier alpha value is -3.79. The number of fused-ring (bicyclic) bond motifs is 2. The predicted molar refractivity (Wildman–Crippen MR) is 197 cm³/mol. The number of esters is 1. The molecule has 2 heterocycles. The summed E-state index contributed by atoms with van der Waals surface area (Å²) in [6, 6.07) is 18.7. The summed E-state index contributed by atoms with van der Waals surface area (Å²) in [5, 5.41) is 13.4. The molecule has 0 aliphatic carbocycles. The lowest BCUT2D eigenvalue weighted by molar-refractivity contribution is -0.152. The molecule has 0 aliphatic heterocycles. The summed E-state index contributed by atoms with van der Waals surface area (Å²) in [4.78, 5) is 23.0. The Bertz CT molecular complexity index is 1640. The summed E-state index contributed by atoms with van der Waals surface area (Å²) in [6.07, 6.45) is 10.2. The van der Waals surface area contributed by atoms with E-state index in [1.54, 1.807) is 26.0 Å². The number of aliphatic hydroxyl groups excluding tert-OH is 1. The lowest BCUT2D eigenvalue weighted by Gasteiger charge is -2.36. The number of benzene rings is 2. The molecule has 0 spiro atoms. The normalized spacial score (nSPS) is 14.7. The fourth-order valence-corrected chi connectivity index (χ4v) is 5.97. The Morgan fingerprint density at radius 1 is 0.714 bits per heavy atom. The van der Waals surface area contributed by atoms with Crippen molar-refractivity contribution in [3.8, 4) is 11.5 Å². The third-order valence-corrected chi connectivity index (χ3v) is 9.21. The topological polar surface area (TPSA) is 143 Å². The molecular weight excluding hydrogens is 616 g/mol. The van der Waals surface area contributed by atoms with Crippen LogP contribution in [0.3, 0.4) is 0 Å². The molecule has 9 heteroatoms. The van der Waals surface area contributed by atoms with Crippen molar-refractivity contribution in [3.63, 3.8) is 0 Å². The van der Waals surface area contributed by atoms with Gasteiger partial charge in [0.15, 0.2) is 5.54 Å². The van der Waals surface area contributed by atoms with Crippen LogP contribution >= 0.6 is 0 Å². The van der Waals surface area contributed by atoms with Gasteiger partial charge in [-0.1, -0.05) is 77.3 Å². The standard InChI is InChI=1S/C40H56N4O5/c1-5-8-10-12-14-24-48-31-18-20-33-29(26-31)16-22-35(43-33)39(4,41)37(45)28-40(42,38(46)47-7-3)36-23-17-30-27-32(19-21-34(30)44-36)49-25-15-13-11-9-6-2/h16-23,26-27,37,45H,5-15,24-25,28,41-42H2,1-4H3. The number of aliphatic hydroxyl groups is 1. The van der Waals surface area contributed by atoms with Crippen molar-refractivity contribution in [2.75, 3.05) is 19.8 Å². The van der Waals surface area contributed by atoms with Gasteiger partial charge in [-0.15, -0.1) is 0 Å². The largest absolute Gasteiger partial charge is 0.494 e. The van der Waals surface area contributed by atoms with Crippen molar-refractivity contribution < 1.29 is 24.1 Å². The number of hydrogen-bond donors (Lipinski definition) is 3. The SMILES string of the molecule is CCCCCCCOc1ccc2nc(C(N)(CC(O)C(C)(N)c3ccc4cc(OCCCCCCC)ccc4n3)C(=O)OCC)ccc2c1. The Morgan fingerprint density at radius 3 is 1.71 bits per heavy atom. The van der Waals surface area contributed by atoms with Gasteiger partial charge in [-0.3, -0.25) is 9.97 Å². The van der Waals surface area contributed by atoms with Crippen LogP contribution in [0, 0.1) is 0 Å². The minimum absolute atomic E-state index is 0.122. The number of nitrogens with zero attached hydrogens (tertiary/aromatic N) is 2. The van der Waals surface area contributed by atoms with Crippen LogP contribution in [0.25, 0.3) is 21.8 Å². The molecule has 49 heavy (non-hydrogen) atoms. The number of nitrogens with two attached hydrogens (primary N) is 2. The van der Waals surface area contributed by atoms with Crippen LogP contribution in [0.5, 0.6) is 11.5 Å². The van der Waals surface area contributed by atoms with E-state index in [2.05, 4.69) is 13.8 Å². The van der Waals surface area contributed by atoms with Crippen molar-refractivity contribution >= 4 is 27.8 Å². The zero-order chi connectivity index (χ0) is 35.3. The number of hydrogen-bond acceptors (Lipinski definition) is 9. The third kappa shape index (κ3) is 10.1. The molecule has 2 aromatic heterocycles. The van der Waals surface area contributed by atoms with Crippen LogP contribution < -0.4 is 20.9 Å². The zero-order valence-corrected chi connectivity index (χ0v) is 29.9. The number of rotatable bonds is 21. The summed E-state index contributed by atoms with van der Waals surface area (Å²) in [7, 11) is 0. The number of pyridine rings is 2. The predicted octanol–water partition coefficient (Wildman–Crippen LogP) is 7.82. The number of carbonyl (C=O) groups is 1. The van der Waals surface area contributed by atoms with E-state index < -0.39 is 23.2 Å². The van der Waals surface area contributed by atoms with Gasteiger partial charge >= 0.3 is 5.97 Å². The molecule has 2 aromatic carbocycles. The highest BCUT2D eigenvalue weighted by Gasteiger charge is 2.45. The second-order valence-corrected chi connectivity index (χ2v) is 13.3. The van der Waals surface area contributed by atoms with Crippen LogP contribution in [-0.2, 0) is 20.6 Å². The highest BCUT2D eigenvalue weighted by atomic mass is 16.5. The molecule has 9 nitrogen and oxygen atoms in total. The summed E-state index contributed by atoms with van der Waals surface area (Å²) in [5.74, 6) is 0.865. The first-order valence-corrected chi connectivity index (χ1v) is 18.1. The first-order valence-electron chi connectivity index (χ1n) is 18.1. The molecule has 4 aromatic rings. The third-order valence-electron chi connectivity index (χ3n) is 9.21. The molecule has 0 saturated carbocycles. The first kappa shape index (κ1) is 38.0. The van der Waals surface area contributed by atoms with E-state index in [4.69, 9.17) is 35.6 Å². The number of carbonyl (C=O) groups excluding carboxylic acids is 1. The second-order valence-electron chi connectivity index (χ2n) is 13.3. The van der Waals surface area contributed by atoms with Crippen LogP contribution in [-0.4, -0.2) is 47.0 Å². The van der Waals surface area contributed by atoms with Crippen LogP contribution in [0.1, 0.15) is 110 Å². The lowest BCUT2D eigenvalue weighted by Crippen LogP contribution is -2.55. The maximum atomic E-state index is 13.4. The van der Waals surface area contributed by atoms with Gasteiger partial charge in [0.05, 0.1) is 53.9 Å². The van der Waals surface area contributed by atoms with Crippen molar-refractivity contribution in [1.29, 1.82) is 0 Å². The quantitative estimate of drug-likeness (QED) is 0.0596. The van der Waals surface area contributed by atoms with Gasteiger partial charge in [-0.2, -0.15) is 0 Å². The lowest BCUT2D eigenvalue weighted by atomic mass is 9.80. The number of ether oxygens (including phenoxy) is 3. The molecular formula is C40H56N4O5. The van der Waals surface area contributed by atoms with Gasteiger partial charge in [0, 0.05) is 17.2 Å². The summed E-state index contributed by atoms with van der Waals surface area (Å²) >= 11 is 0. The Morgan fingerprint density at radius 2 is 1.20 bits per heavy atom. The van der Waals surface area contributed by atoms with Crippen molar-refractivity contribution in [3.05, 3.63) is 72.1 Å². The molecule has 0 saturated heterocycles. The highest BCUT2D eigenvalue weighted by Crippen LogP contribution is 2.33. The molecule has 0 aliphatic rings. The minimum atomic E-state index is -1.77. The fourth-order valence-electron chi connectivity index (χ4n) is 5.97. The molecule has 0 amide bonds. The molecule has 0 fully saturated rings. The van der Waals surface area contributed by atoms with Gasteiger partial charge in [0.2, 0.25) is 0 Å². The van der Waals surface area contributed by atoms with Gasteiger partial charge in [-0.25, -0.2) is 4.79 Å². The van der Waals surface area contributed by atoms with Crippen LogP contribution in [0.15, 0.2) is 60.7 Å². The van der Waals surface area contributed by atoms with E-state index in [-0.39, 0.29) is 18.7 Å². The Labute approximate surface area is 291 Å². The van der Waals surface area contributed by atoms with Crippen molar-refractivity contribution in [2.24, 2.45) is 11.5 Å². The number of aromatic nitrogens is 2. The summed E-state index contributed by atoms with van der Waals surface area (Å²) in [5.41, 5.74) is 12.6. The smallest absolute Gasteiger partial charge is 0.332 e. The molecule has 4 rings (SSSR count). The van der Waals surface area contributed by atoms with E-state index in [1.165, 1.54) is 38.5 Å². The summed E-state index contributed by atoms with van der Waals surface area (Å²) in [6.45, 7) is 9.27. The highest BCUT2D eigenvalue weighted by molar-refractivity contribution is 5.85. The maximum absolute atomic E-state index is 13.4. The fraction of sp³-hybridized carbons (Fsp3) is 0.525. The second kappa shape index (κ2) is 18.3. The zero-order valence-electron chi connectivity index (χ0n) is 29.9. The number of unbranched alkanes of at least 4 members (excludes halogenated alkanes) is 8. The van der Waals surface area contributed by atoms with Gasteiger partial charge in [-0.05, 0) is 75.2 Å². The molecule has 0 bridgehead atoms. The molecule has 0 radical (unpaired) electrons. The average molecular weight is 673 g/mol. The van der Waals surface area contributed by atoms with E-state index in [9.17, 15) is 9.90 Å². The first-order chi connectivity index (χ1) is 23.6. The Balaban J connectivity index is 1.49. The Kier molecular flexibility index (Phi) is 14.2. The molecule has 3 unspecified atom stereocenters. The van der Waals surface area contributed by atoms with Crippen molar-refractivity contribution in [1.82, 2.24) is 9.97 Å². The minimum Gasteiger partial charge on any atom is -0.494 e. The van der Waals surface area contributed by atoms with E-state index in [1.807, 2.05) is 48.5 Å². The summed E-state index contributed by atoms with van der Waals surface area (Å²) < 4.78 is 17.4. The van der Waals surface area contributed by atoms with Crippen LogP contribution in [0.2, 0.25) is 0 Å². The van der Waals surface area contributed by atoms with E-state index in [0.29, 0.717) is 24.4 Å². The monoisotopic (exact) mass is 672 g/mol. The van der Waals surface area contributed by atoms with Gasteiger partial charge < -0.3 is 30.8 Å². The van der Waals surface area contributed by atoms with E-state index >= 15 is 0 Å². The maximum Gasteiger partial charge on any atom is 0.332 e. The van der Waals surface area contributed by atoms with Crippen molar-refractivity contribution in [2.45, 2.75) is 116 Å². The van der Waals surface area contributed by atoms with E-state index in [0.717, 1.165) is 53.5 Å². The molecule has 3 atom stereocenters. The van der Waals surface area contributed by atoms with Gasteiger partial charge in [0.25, 0.3) is 0 Å². The molecule has 266 valence electrons.